The second kappa shape index (κ2) is 7.00. The average Bonchev–Trinajstić information content (AvgIpc) is 2.46. The van der Waals surface area contributed by atoms with Crippen molar-refractivity contribution in [3.8, 4) is 11.5 Å². The van der Waals surface area contributed by atoms with Crippen LogP contribution in [-0.2, 0) is 6.61 Å². The Labute approximate surface area is 140 Å². The summed E-state index contributed by atoms with van der Waals surface area (Å²) in [7, 11) is 1.56. The van der Waals surface area contributed by atoms with Crippen LogP contribution in [0.4, 0.5) is 0 Å². The number of carboxylic acid groups (broad SMARTS) is 1. The third-order valence-corrected chi connectivity index (χ3v) is 3.70. The Morgan fingerprint density at radius 3 is 2.62 bits per heavy atom. The molecule has 0 aliphatic heterocycles. The first kappa shape index (κ1) is 15.9. The summed E-state index contributed by atoms with van der Waals surface area (Å²) >= 11 is 8.01. The second-order valence-corrected chi connectivity index (χ2v) is 5.87. The summed E-state index contributed by atoms with van der Waals surface area (Å²) in [6.45, 7) is 0.171. The van der Waals surface area contributed by atoms with Crippen LogP contribution >= 0.6 is 34.2 Å². The van der Waals surface area contributed by atoms with Crippen molar-refractivity contribution in [2.24, 2.45) is 0 Å². The van der Waals surface area contributed by atoms with E-state index in [1.165, 1.54) is 0 Å². The predicted molar refractivity (Wildman–Crippen MR) is 88.5 cm³/mol. The fourth-order valence-electron chi connectivity index (χ4n) is 1.81. The molecule has 2 aromatic carbocycles. The highest BCUT2D eigenvalue weighted by Gasteiger charge is 2.13. The molecule has 0 atom stereocenters. The lowest BCUT2D eigenvalue weighted by molar-refractivity contribution is 0.0691. The van der Waals surface area contributed by atoms with E-state index in [1.54, 1.807) is 43.5 Å². The van der Waals surface area contributed by atoms with E-state index in [-0.39, 0.29) is 12.2 Å². The number of halogens is 2. The largest absolute Gasteiger partial charge is 0.496 e. The summed E-state index contributed by atoms with van der Waals surface area (Å²) in [6, 6.07) is 10.2. The maximum absolute atomic E-state index is 11.2. The Bertz CT molecular complexity index is 673. The van der Waals surface area contributed by atoms with E-state index >= 15 is 0 Å². The highest BCUT2D eigenvalue weighted by molar-refractivity contribution is 14.1. The van der Waals surface area contributed by atoms with Gasteiger partial charge in [0.05, 0.1) is 7.11 Å². The summed E-state index contributed by atoms with van der Waals surface area (Å²) in [5.74, 6) is -0.0756. The third-order valence-electron chi connectivity index (χ3n) is 2.80. The van der Waals surface area contributed by atoms with Gasteiger partial charge in [-0.3, -0.25) is 0 Å². The third kappa shape index (κ3) is 4.01. The molecule has 0 fully saturated rings. The minimum atomic E-state index is -1.03. The molecule has 2 rings (SSSR count). The Balaban J connectivity index is 2.24. The molecule has 0 unspecified atom stereocenters. The van der Waals surface area contributed by atoms with Crippen molar-refractivity contribution < 1.29 is 19.4 Å². The minimum Gasteiger partial charge on any atom is -0.496 e. The van der Waals surface area contributed by atoms with E-state index < -0.39 is 5.97 Å². The van der Waals surface area contributed by atoms with Gasteiger partial charge in [-0.05, 0) is 59.0 Å². The van der Waals surface area contributed by atoms with Gasteiger partial charge in [-0.15, -0.1) is 0 Å². The van der Waals surface area contributed by atoms with Crippen molar-refractivity contribution in [3.63, 3.8) is 0 Å². The van der Waals surface area contributed by atoms with Crippen molar-refractivity contribution in [2.45, 2.75) is 6.61 Å². The summed E-state index contributed by atoms with van der Waals surface area (Å²) in [6.07, 6.45) is 0. The highest BCUT2D eigenvalue weighted by atomic mass is 127. The van der Waals surface area contributed by atoms with Crippen LogP contribution in [0.25, 0.3) is 0 Å². The highest BCUT2D eigenvalue weighted by Crippen LogP contribution is 2.26. The number of carbonyl (C=O) groups is 1. The SMILES string of the molecule is COc1ccc(Cl)cc1COc1ccc(I)cc1C(=O)O. The molecular weight excluding hydrogens is 407 g/mol. The number of benzene rings is 2. The van der Waals surface area contributed by atoms with Crippen molar-refractivity contribution >= 4 is 40.2 Å². The summed E-state index contributed by atoms with van der Waals surface area (Å²) in [5, 5.41) is 9.77. The first-order chi connectivity index (χ1) is 10.0. The number of hydrogen-bond donors (Lipinski definition) is 1. The zero-order valence-corrected chi connectivity index (χ0v) is 14.0. The summed E-state index contributed by atoms with van der Waals surface area (Å²) in [5.41, 5.74) is 0.878. The summed E-state index contributed by atoms with van der Waals surface area (Å²) in [4.78, 5) is 11.2. The number of hydrogen-bond acceptors (Lipinski definition) is 3. The molecule has 110 valence electrons. The van der Waals surface area contributed by atoms with Gasteiger partial charge in [-0.25, -0.2) is 4.79 Å². The fourth-order valence-corrected chi connectivity index (χ4v) is 2.50. The number of aromatic carboxylic acids is 1. The monoisotopic (exact) mass is 418 g/mol. The van der Waals surface area contributed by atoms with Crippen LogP contribution in [-0.4, -0.2) is 18.2 Å². The van der Waals surface area contributed by atoms with Gasteiger partial charge in [0, 0.05) is 14.2 Å². The van der Waals surface area contributed by atoms with Gasteiger partial charge < -0.3 is 14.6 Å². The Morgan fingerprint density at radius 2 is 1.95 bits per heavy atom. The normalized spacial score (nSPS) is 10.2. The van der Waals surface area contributed by atoms with Crippen LogP contribution in [0.3, 0.4) is 0 Å². The van der Waals surface area contributed by atoms with E-state index in [4.69, 9.17) is 21.1 Å². The molecule has 0 radical (unpaired) electrons. The molecule has 21 heavy (non-hydrogen) atoms. The molecule has 0 aromatic heterocycles. The zero-order chi connectivity index (χ0) is 15.4. The number of methoxy groups -OCH3 is 1. The quantitative estimate of drug-likeness (QED) is 0.738. The van der Waals surface area contributed by atoms with Gasteiger partial charge in [-0.2, -0.15) is 0 Å². The lowest BCUT2D eigenvalue weighted by atomic mass is 10.2. The van der Waals surface area contributed by atoms with Crippen molar-refractivity contribution in [1.29, 1.82) is 0 Å². The molecule has 0 saturated heterocycles. The van der Waals surface area contributed by atoms with Crippen LogP contribution in [0.1, 0.15) is 15.9 Å². The van der Waals surface area contributed by atoms with Gasteiger partial charge in [-0.1, -0.05) is 11.6 Å². The molecule has 2 aromatic rings. The Hall–Kier alpha value is -1.47. The van der Waals surface area contributed by atoms with E-state index in [0.29, 0.717) is 16.5 Å². The molecule has 0 saturated carbocycles. The van der Waals surface area contributed by atoms with E-state index in [0.717, 1.165) is 9.13 Å². The molecule has 0 aliphatic carbocycles. The van der Waals surface area contributed by atoms with Crippen molar-refractivity contribution in [3.05, 3.63) is 56.1 Å². The van der Waals surface area contributed by atoms with E-state index in [2.05, 4.69) is 22.6 Å². The van der Waals surface area contributed by atoms with Gasteiger partial charge in [0.25, 0.3) is 0 Å². The van der Waals surface area contributed by atoms with Crippen LogP contribution in [0.5, 0.6) is 11.5 Å². The molecule has 0 heterocycles. The van der Waals surface area contributed by atoms with Crippen LogP contribution in [0.2, 0.25) is 5.02 Å². The number of rotatable bonds is 5. The maximum Gasteiger partial charge on any atom is 0.339 e. The molecule has 0 bridgehead atoms. The molecule has 0 aliphatic rings. The fraction of sp³-hybridized carbons (Fsp3) is 0.133. The minimum absolute atomic E-state index is 0.128. The Morgan fingerprint density at radius 1 is 1.24 bits per heavy atom. The van der Waals surface area contributed by atoms with Crippen LogP contribution in [0, 0.1) is 3.57 Å². The van der Waals surface area contributed by atoms with Crippen molar-refractivity contribution in [1.82, 2.24) is 0 Å². The number of carboxylic acids is 1. The maximum atomic E-state index is 11.2. The molecule has 4 nitrogen and oxygen atoms in total. The molecular formula is C15H12ClIO4. The smallest absolute Gasteiger partial charge is 0.339 e. The molecule has 6 heteroatoms. The average molecular weight is 419 g/mol. The topological polar surface area (TPSA) is 55.8 Å². The lowest BCUT2D eigenvalue weighted by Crippen LogP contribution is -2.04. The summed E-state index contributed by atoms with van der Waals surface area (Å²) < 4.78 is 11.7. The second-order valence-electron chi connectivity index (χ2n) is 4.19. The van der Waals surface area contributed by atoms with Crippen molar-refractivity contribution in [2.75, 3.05) is 7.11 Å². The lowest BCUT2D eigenvalue weighted by Gasteiger charge is -2.12. The standard InChI is InChI=1S/C15H12ClIO4/c1-20-13-4-2-10(16)6-9(13)8-21-14-5-3-11(17)7-12(14)15(18)19/h2-7H,8H2,1H3,(H,18,19). The van der Waals surface area contributed by atoms with E-state index in [9.17, 15) is 9.90 Å². The van der Waals surface area contributed by atoms with Gasteiger partial charge in [0.2, 0.25) is 0 Å². The van der Waals surface area contributed by atoms with E-state index in [1.807, 2.05) is 0 Å². The van der Waals surface area contributed by atoms with Gasteiger partial charge >= 0.3 is 5.97 Å². The predicted octanol–water partition coefficient (Wildman–Crippen LogP) is 4.23. The Kier molecular flexibility index (Phi) is 5.30. The van der Waals surface area contributed by atoms with Crippen LogP contribution < -0.4 is 9.47 Å². The molecule has 0 spiro atoms. The zero-order valence-electron chi connectivity index (χ0n) is 11.1. The first-order valence-electron chi connectivity index (χ1n) is 5.99. The van der Waals surface area contributed by atoms with Gasteiger partial charge in [0.15, 0.2) is 0 Å². The molecule has 1 N–H and O–H groups in total. The number of ether oxygens (including phenoxy) is 2. The van der Waals surface area contributed by atoms with Gasteiger partial charge in [0.1, 0.15) is 23.7 Å². The first-order valence-corrected chi connectivity index (χ1v) is 7.45. The molecule has 0 amide bonds. The van der Waals surface area contributed by atoms with Crippen LogP contribution in [0.15, 0.2) is 36.4 Å².